The maximum Gasteiger partial charge on any atom is 0.191 e. The lowest BCUT2D eigenvalue weighted by molar-refractivity contribution is 0.0726. The highest BCUT2D eigenvalue weighted by Gasteiger charge is 2.14. The van der Waals surface area contributed by atoms with E-state index in [2.05, 4.69) is 10.2 Å². The first-order chi connectivity index (χ1) is 11.7. The van der Waals surface area contributed by atoms with Crippen molar-refractivity contribution in [3.05, 3.63) is 83.0 Å². The van der Waals surface area contributed by atoms with Crippen molar-refractivity contribution in [2.45, 2.75) is 6.61 Å². The van der Waals surface area contributed by atoms with E-state index in [1.165, 1.54) is 0 Å². The molecule has 5 heteroatoms. The smallest absolute Gasteiger partial charge is 0.191 e. The third-order valence-corrected chi connectivity index (χ3v) is 3.74. The predicted octanol–water partition coefficient (Wildman–Crippen LogP) is 4.20. The van der Waals surface area contributed by atoms with Crippen molar-refractivity contribution in [1.82, 2.24) is 10.2 Å². The number of carbonyl (C=O) groups excluding carboxylic acids is 1. The molecule has 0 amide bonds. The van der Waals surface area contributed by atoms with Gasteiger partial charge in [0.05, 0.1) is 17.9 Å². The fourth-order valence-corrected chi connectivity index (χ4v) is 2.43. The van der Waals surface area contributed by atoms with Crippen LogP contribution in [0.1, 0.15) is 15.9 Å². The van der Waals surface area contributed by atoms with Gasteiger partial charge in [-0.1, -0.05) is 72.3 Å². The Kier molecular flexibility index (Phi) is 5.31. The Morgan fingerprint density at radius 3 is 2.33 bits per heavy atom. The van der Waals surface area contributed by atoms with Gasteiger partial charge >= 0.3 is 0 Å². The van der Waals surface area contributed by atoms with Crippen molar-refractivity contribution in [2.24, 2.45) is 0 Å². The molecule has 0 bridgehead atoms. The molecule has 1 heterocycles. The number of carbonyl (C=O) groups is 1. The monoisotopic (exact) mass is 338 g/mol. The summed E-state index contributed by atoms with van der Waals surface area (Å²) in [6, 6.07) is 20.8. The van der Waals surface area contributed by atoms with E-state index in [9.17, 15) is 4.79 Å². The number of aromatic nitrogens is 2. The number of nitrogens with zero attached hydrogens (tertiary/aromatic N) is 2. The van der Waals surface area contributed by atoms with Crippen molar-refractivity contribution in [3.8, 4) is 11.3 Å². The van der Waals surface area contributed by atoms with Gasteiger partial charge in [-0.25, -0.2) is 0 Å². The van der Waals surface area contributed by atoms with Crippen LogP contribution in [0.3, 0.4) is 0 Å². The molecule has 0 radical (unpaired) electrons. The van der Waals surface area contributed by atoms with Crippen molar-refractivity contribution in [2.75, 3.05) is 6.61 Å². The third-order valence-electron chi connectivity index (χ3n) is 3.46. The summed E-state index contributed by atoms with van der Waals surface area (Å²) >= 11 is 6.02. The SMILES string of the molecule is O=C(COCc1ccccc1)c1cc(-c2ccccc2)nnc1Cl. The summed E-state index contributed by atoms with van der Waals surface area (Å²) in [5.41, 5.74) is 2.81. The molecule has 0 spiro atoms. The first kappa shape index (κ1) is 16.3. The van der Waals surface area contributed by atoms with E-state index in [-0.39, 0.29) is 17.5 Å². The van der Waals surface area contributed by atoms with E-state index in [1.807, 2.05) is 60.7 Å². The van der Waals surface area contributed by atoms with Crippen LogP contribution in [0.5, 0.6) is 0 Å². The summed E-state index contributed by atoms with van der Waals surface area (Å²) in [5, 5.41) is 8.01. The summed E-state index contributed by atoms with van der Waals surface area (Å²) in [6.07, 6.45) is 0. The number of Topliss-reactive ketones (excluding diaryl/α,β-unsaturated/α-hetero) is 1. The van der Waals surface area contributed by atoms with Gasteiger partial charge in [-0.05, 0) is 11.6 Å². The summed E-state index contributed by atoms with van der Waals surface area (Å²) in [7, 11) is 0. The van der Waals surface area contributed by atoms with E-state index in [0.717, 1.165) is 11.1 Å². The normalized spacial score (nSPS) is 10.5. The minimum atomic E-state index is -0.219. The number of rotatable bonds is 6. The lowest BCUT2D eigenvalue weighted by Crippen LogP contribution is -2.11. The van der Waals surface area contributed by atoms with Crippen LogP contribution in [0.2, 0.25) is 5.15 Å². The Morgan fingerprint density at radius 2 is 1.62 bits per heavy atom. The van der Waals surface area contributed by atoms with Crippen LogP contribution in [0.4, 0.5) is 0 Å². The van der Waals surface area contributed by atoms with Crippen LogP contribution >= 0.6 is 11.6 Å². The van der Waals surface area contributed by atoms with E-state index in [1.54, 1.807) is 6.07 Å². The number of hydrogen-bond acceptors (Lipinski definition) is 4. The zero-order chi connectivity index (χ0) is 16.8. The van der Waals surface area contributed by atoms with E-state index in [0.29, 0.717) is 17.9 Å². The predicted molar refractivity (Wildman–Crippen MR) is 92.9 cm³/mol. The molecule has 0 N–H and O–H groups in total. The van der Waals surface area contributed by atoms with Crippen LogP contribution in [0.15, 0.2) is 66.7 Å². The Bertz CT molecular complexity index is 823. The minimum Gasteiger partial charge on any atom is -0.369 e. The molecule has 0 atom stereocenters. The minimum absolute atomic E-state index is 0.0610. The highest BCUT2D eigenvalue weighted by atomic mass is 35.5. The van der Waals surface area contributed by atoms with Crippen molar-refractivity contribution >= 4 is 17.4 Å². The molecule has 120 valence electrons. The second kappa shape index (κ2) is 7.81. The van der Waals surface area contributed by atoms with Crippen LogP contribution in [0.25, 0.3) is 11.3 Å². The van der Waals surface area contributed by atoms with Gasteiger partial charge in [-0.2, -0.15) is 0 Å². The number of hydrogen-bond donors (Lipinski definition) is 0. The second-order valence-electron chi connectivity index (χ2n) is 5.20. The molecular formula is C19H15ClN2O2. The Balaban J connectivity index is 1.70. The lowest BCUT2D eigenvalue weighted by Gasteiger charge is -2.07. The van der Waals surface area contributed by atoms with Crippen molar-refractivity contribution < 1.29 is 9.53 Å². The molecular weight excluding hydrogens is 324 g/mol. The topological polar surface area (TPSA) is 52.1 Å². The number of ether oxygens (including phenoxy) is 1. The molecule has 24 heavy (non-hydrogen) atoms. The molecule has 0 aliphatic carbocycles. The highest BCUT2D eigenvalue weighted by Crippen LogP contribution is 2.21. The van der Waals surface area contributed by atoms with E-state index >= 15 is 0 Å². The molecule has 4 nitrogen and oxygen atoms in total. The van der Waals surface area contributed by atoms with Gasteiger partial charge in [0.2, 0.25) is 0 Å². The average Bonchev–Trinajstić information content (AvgIpc) is 2.63. The van der Waals surface area contributed by atoms with Gasteiger partial charge in [-0.15, -0.1) is 10.2 Å². The number of benzene rings is 2. The van der Waals surface area contributed by atoms with Crippen LogP contribution in [-0.4, -0.2) is 22.6 Å². The molecule has 1 aromatic heterocycles. The molecule has 0 saturated carbocycles. The molecule has 0 aliphatic rings. The maximum atomic E-state index is 12.4. The summed E-state index contributed by atoms with van der Waals surface area (Å²) in [6.45, 7) is 0.308. The summed E-state index contributed by atoms with van der Waals surface area (Å²) < 4.78 is 5.48. The molecule has 0 saturated heterocycles. The number of ketones is 1. The standard InChI is InChI=1S/C19H15ClN2O2/c20-19-16(11-17(21-22-19)15-9-5-2-6-10-15)18(23)13-24-12-14-7-3-1-4-8-14/h1-11H,12-13H2. The van der Waals surface area contributed by atoms with Crippen LogP contribution < -0.4 is 0 Å². The van der Waals surface area contributed by atoms with Gasteiger partial charge in [-0.3, -0.25) is 4.79 Å². The molecule has 0 unspecified atom stereocenters. The highest BCUT2D eigenvalue weighted by molar-refractivity contribution is 6.32. The number of halogens is 1. The first-order valence-electron chi connectivity index (χ1n) is 7.47. The molecule has 0 aliphatic heterocycles. The molecule has 2 aromatic carbocycles. The fraction of sp³-hybridized carbons (Fsp3) is 0.105. The summed E-state index contributed by atoms with van der Waals surface area (Å²) in [5.74, 6) is -0.219. The first-order valence-corrected chi connectivity index (χ1v) is 7.85. The largest absolute Gasteiger partial charge is 0.369 e. The van der Waals surface area contributed by atoms with Gasteiger partial charge in [0.15, 0.2) is 10.9 Å². The molecule has 0 fully saturated rings. The van der Waals surface area contributed by atoms with Gasteiger partial charge in [0.1, 0.15) is 6.61 Å². The molecule has 3 aromatic rings. The van der Waals surface area contributed by atoms with Gasteiger partial charge < -0.3 is 4.74 Å². The van der Waals surface area contributed by atoms with Gasteiger partial charge in [0.25, 0.3) is 0 Å². The quantitative estimate of drug-likeness (QED) is 0.632. The second-order valence-corrected chi connectivity index (χ2v) is 5.56. The lowest BCUT2D eigenvalue weighted by atomic mass is 10.1. The Labute approximate surface area is 145 Å². The van der Waals surface area contributed by atoms with Gasteiger partial charge in [0, 0.05) is 5.56 Å². The van der Waals surface area contributed by atoms with Crippen LogP contribution in [-0.2, 0) is 11.3 Å². The maximum absolute atomic E-state index is 12.4. The Hall–Kier alpha value is -2.56. The fourth-order valence-electron chi connectivity index (χ4n) is 2.24. The van der Waals surface area contributed by atoms with Crippen LogP contribution in [0, 0.1) is 0 Å². The third kappa shape index (κ3) is 4.04. The van der Waals surface area contributed by atoms with E-state index in [4.69, 9.17) is 16.3 Å². The zero-order valence-electron chi connectivity index (χ0n) is 12.9. The zero-order valence-corrected chi connectivity index (χ0v) is 13.6. The Morgan fingerprint density at radius 1 is 0.958 bits per heavy atom. The van der Waals surface area contributed by atoms with Crippen molar-refractivity contribution in [3.63, 3.8) is 0 Å². The van der Waals surface area contributed by atoms with E-state index < -0.39 is 0 Å². The molecule has 3 rings (SSSR count). The van der Waals surface area contributed by atoms with Crippen molar-refractivity contribution in [1.29, 1.82) is 0 Å². The average molecular weight is 339 g/mol. The summed E-state index contributed by atoms with van der Waals surface area (Å²) in [4.78, 5) is 12.4.